The maximum atomic E-state index is 13.3. The molecule has 1 heterocycles. The number of carbonyl (C=O) groups is 2. The summed E-state index contributed by atoms with van der Waals surface area (Å²) >= 11 is 1.24. The fourth-order valence-corrected chi connectivity index (χ4v) is 4.46. The molecule has 0 aliphatic carbocycles. The molecule has 0 saturated heterocycles. The van der Waals surface area contributed by atoms with Crippen LogP contribution in [-0.4, -0.2) is 35.3 Å². The molecule has 184 valence electrons. The van der Waals surface area contributed by atoms with E-state index in [0.29, 0.717) is 22.3 Å². The Bertz CT molecular complexity index is 1340. The predicted molar refractivity (Wildman–Crippen MR) is 143 cm³/mol. The molecule has 0 spiro atoms. The molecule has 4 rings (SSSR count). The zero-order valence-corrected chi connectivity index (χ0v) is 21.1. The molecule has 3 amide bonds. The van der Waals surface area contributed by atoms with Crippen LogP contribution in [0.5, 0.6) is 5.75 Å². The van der Waals surface area contributed by atoms with Crippen molar-refractivity contribution in [2.75, 3.05) is 17.7 Å². The number of amides is 3. The van der Waals surface area contributed by atoms with Crippen LogP contribution in [-0.2, 0) is 11.2 Å². The third-order valence-electron chi connectivity index (χ3n) is 5.60. The van der Waals surface area contributed by atoms with Crippen LogP contribution in [0.4, 0.5) is 15.6 Å². The smallest absolute Gasteiger partial charge is 0.319 e. The molecule has 8 nitrogen and oxygen atoms in total. The molecule has 0 bridgehead atoms. The van der Waals surface area contributed by atoms with E-state index in [2.05, 4.69) is 26.1 Å². The minimum atomic E-state index is -0.833. The number of carbonyl (C=O) groups excluding carboxylic acids is 2. The topological polar surface area (TPSA) is 105 Å². The predicted octanol–water partition coefficient (Wildman–Crippen LogP) is 5.20. The Kier molecular flexibility index (Phi) is 7.92. The number of methoxy groups -OCH3 is 1. The van der Waals surface area contributed by atoms with Crippen LogP contribution in [0.25, 0.3) is 10.6 Å². The molecule has 0 aliphatic heterocycles. The minimum absolute atomic E-state index is 0.314. The fourth-order valence-electron chi connectivity index (χ4n) is 3.72. The summed E-state index contributed by atoms with van der Waals surface area (Å²) in [6.45, 7) is 3.85. The quantitative estimate of drug-likeness (QED) is 0.308. The van der Waals surface area contributed by atoms with Crippen LogP contribution in [0.3, 0.4) is 0 Å². The first-order chi connectivity index (χ1) is 17.4. The molecule has 0 saturated carbocycles. The standard InChI is InChI=1S/C27H27N5O3S/c1-17-9-7-10-18(2)23(17)29-26(34)28-22(15-19-11-5-4-6-12-19)24(33)30-27-32-31-25(36-27)20-13-8-14-21(16-20)35-3/h4-14,16,22H,15H2,1-3H3,(H2,28,29,34)(H,30,32,33)/t22-/m0/s1. The average Bonchev–Trinajstić information content (AvgIpc) is 3.35. The SMILES string of the molecule is COc1cccc(-c2nnc(NC(=O)[C@H](Cc3ccccc3)NC(=O)Nc3c(C)cccc3C)s2)c1. The molecule has 0 fully saturated rings. The Morgan fingerprint density at radius 3 is 2.36 bits per heavy atom. The highest BCUT2D eigenvalue weighted by Gasteiger charge is 2.23. The van der Waals surface area contributed by atoms with Gasteiger partial charge in [-0.2, -0.15) is 0 Å². The summed E-state index contributed by atoms with van der Waals surface area (Å²) in [5, 5.41) is 17.8. The molecule has 36 heavy (non-hydrogen) atoms. The number of anilines is 2. The summed E-state index contributed by atoms with van der Waals surface area (Å²) in [6, 6.07) is 21.5. The first-order valence-corrected chi connectivity index (χ1v) is 12.2. The monoisotopic (exact) mass is 501 g/mol. The van der Waals surface area contributed by atoms with E-state index in [1.54, 1.807) is 7.11 Å². The van der Waals surface area contributed by atoms with E-state index in [1.165, 1.54) is 11.3 Å². The Labute approximate surface area is 213 Å². The largest absolute Gasteiger partial charge is 0.497 e. The minimum Gasteiger partial charge on any atom is -0.497 e. The second-order valence-corrected chi connectivity index (χ2v) is 9.22. The Morgan fingerprint density at radius 2 is 1.64 bits per heavy atom. The summed E-state index contributed by atoms with van der Waals surface area (Å²) in [5.74, 6) is 0.319. The number of nitrogens with one attached hydrogen (secondary N) is 3. The van der Waals surface area contributed by atoms with Crippen molar-refractivity contribution in [3.8, 4) is 16.3 Å². The van der Waals surface area contributed by atoms with Gasteiger partial charge in [0.05, 0.1) is 7.11 Å². The molecule has 3 aromatic carbocycles. The van der Waals surface area contributed by atoms with Crippen molar-refractivity contribution in [1.82, 2.24) is 15.5 Å². The second-order valence-electron chi connectivity index (χ2n) is 8.24. The first-order valence-electron chi connectivity index (χ1n) is 11.4. The molecule has 1 atom stereocenters. The van der Waals surface area contributed by atoms with E-state index in [-0.39, 0.29) is 5.91 Å². The summed E-state index contributed by atoms with van der Waals surface area (Å²) < 4.78 is 5.27. The summed E-state index contributed by atoms with van der Waals surface area (Å²) in [5.41, 5.74) is 4.35. The lowest BCUT2D eigenvalue weighted by Crippen LogP contribution is -2.47. The van der Waals surface area contributed by atoms with Crippen molar-refractivity contribution >= 4 is 34.1 Å². The van der Waals surface area contributed by atoms with Gasteiger partial charge in [-0.15, -0.1) is 10.2 Å². The van der Waals surface area contributed by atoms with E-state index < -0.39 is 12.1 Å². The summed E-state index contributed by atoms with van der Waals surface area (Å²) in [4.78, 5) is 26.1. The third kappa shape index (κ3) is 6.25. The van der Waals surface area contributed by atoms with Gasteiger partial charge in [-0.05, 0) is 42.7 Å². The summed E-state index contributed by atoms with van der Waals surface area (Å²) in [7, 11) is 1.60. The molecule has 0 aliphatic rings. The van der Waals surface area contributed by atoms with Gasteiger partial charge >= 0.3 is 6.03 Å². The van der Waals surface area contributed by atoms with Gasteiger partial charge in [-0.1, -0.05) is 72.0 Å². The van der Waals surface area contributed by atoms with Crippen molar-refractivity contribution in [2.24, 2.45) is 0 Å². The van der Waals surface area contributed by atoms with Crippen molar-refractivity contribution < 1.29 is 14.3 Å². The third-order valence-corrected chi connectivity index (χ3v) is 6.48. The van der Waals surface area contributed by atoms with E-state index in [4.69, 9.17) is 4.74 Å². The number of urea groups is 1. The van der Waals surface area contributed by atoms with E-state index in [9.17, 15) is 9.59 Å². The fraction of sp³-hybridized carbons (Fsp3) is 0.185. The van der Waals surface area contributed by atoms with Crippen molar-refractivity contribution in [1.29, 1.82) is 0 Å². The number of para-hydroxylation sites is 1. The number of ether oxygens (including phenoxy) is 1. The maximum absolute atomic E-state index is 13.3. The van der Waals surface area contributed by atoms with Crippen LogP contribution in [0.1, 0.15) is 16.7 Å². The van der Waals surface area contributed by atoms with Crippen LogP contribution >= 0.6 is 11.3 Å². The van der Waals surface area contributed by atoms with Crippen LogP contribution in [0.15, 0.2) is 72.8 Å². The highest BCUT2D eigenvalue weighted by atomic mass is 32.1. The van der Waals surface area contributed by atoms with E-state index in [0.717, 1.165) is 27.9 Å². The molecular formula is C27H27N5O3S. The van der Waals surface area contributed by atoms with Crippen LogP contribution in [0.2, 0.25) is 0 Å². The average molecular weight is 502 g/mol. The number of aryl methyl sites for hydroxylation is 2. The number of benzene rings is 3. The van der Waals surface area contributed by atoms with Crippen LogP contribution < -0.4 is 20.7 Å². The zero-order chi connectivity index (χ0) is 25.5. The van der Waals surface area contributed by atoms with Gasteiger partial charge in [-0.25, -0.2) is 4.79 Å². The molecule has 4 aromatic rings. The lowest BCUT2D eigenvalue weighted by molar-refractivity contribution is -0.117. The number of rotatable bonds is 8. The van der Waals surface area contributed by atoms with Gasteiger partial charge < -0.3 is 15.4 Å². The lowest BCUT2D eigenvalue weighted by Gasteiger charge is -2.19. The van der Waals surface area contributed by atoms with Crippen molar-refractivity contribution in [3.63, 3.8) is 0 Å². The highest BCUT2D eigenvalue weighted by molar-refractivity contribution is 7.18. The van der Waals surface area contributed by atoms with Gasteiger partial charge in [0, 0.05) is 17.7 Å². The maximum Gasteiger partial charge on any atom is 0.319 e. The van der Waals surface area contributed by atoms with Gasteiger partial charge in [0.25, 0.3) is 0 Å². The summed E-state index contributed by atoms with van der Waals surface area (Å²) in [6.07, 6.45) is 0.314. The van der Waals surface area contributed by atoms with Gasteiger partial charge in [-0.3, -0.25) is 10.1 Å². The van der Waals surface area contributed by atoms with Gasteiger partial charge in [0.15, 0.2) is 0 Å². The normalized spacial score (nSPS) is 11.4. The highest BCUT2D eigenvalue weighted by Crippen LogP contribution is 2.29. The molecule has 1 aromatic heterocycles. The Hall–Kier alpha value is -4.24. The van der Waals surface area contributed by atoms with Gasteiger partial charge in [0.1, 0.15) is 16.8 Å². The van der Waals surface area contributed by atoms with Gasteiger partial charge in [0.2, 0.25) is 11.0 Å². The number of aromatic nitrogens is 2. The Balaban J connectivity index is 1.50. The molecule has 0 unspecified atom stereocenters. The Morgan fingerprint density at radius 1 is 0.917 bits per heavy atom. The van der Waals surface area contributed by atoms with E-state index in [1.807, 2.05) is 86.6 Å². The molecule has 9 heteroatoms. The number of hydrogen-bond acceptors (Lipinski definition) is 6. The number of nitrogens with zero attached hydrogens (tertiary/aromatic N) is 2. The molecular weight excluding hydrogens is 474 g/mol. The molecule has 0 radical (unpaired) electrons. The number of hydrogen-bond donors (Lipinski definition) is 3. The van der Waals surface area contributed by atoms with Crippen molar-refractivity contribution in [2.45, 2.75) is 26.3 Å². The van der Waals surface area contributed by atoms with E-state index >= 15 is 0 Å². The first kappa shape index (κ1) is 24.9. The van der Waals surface area contributed by atoms with Crippen LogP contribution in [0, 0.1) is 13.8 Å². The molecule has 3 N–H and O–H groups in total. The lowest BCUT2D eigenvalue weighted by atomic mass is 10.1. The second kappa shape index (κ2) is 11.5. The van der Waals surface area contributed by atoms with Crippen molar-refractivity contribution in [3.05, 3.63) is 89.5 Å². The zero-order valence-electron chi connectivity index (χ0n) is 20.2.